The number of hydrogen-bond donors (Lipinski definition) is 0. The van der Waals surface area contributed by atoms with E-state index in [4.69, 9.17) is 14.2 Å². The zero-order chi connectivity index (χ0) is 17.1. The molecule has 0 aromatic heterocycles. The average Bonchev–Trinajstić information content (AvgIpc) is 2.59. The second kappa shape index (κ2) is 7.79. The molecule has 5 heteroatoms. The molecule has 134 valence electrons. The minimum Gasteiger partial charge on any atom is -0.491 e. The van der Waals surface area contributed by atoms with Crippen LogP contribution in [-0.4, -0.2) is 32.0 Å². The molecule has 1 aromatic rings. The van der Waals surface area contributed by atoms with Crippen molar-refractivity contribution in [1.29, 1.82) is 0 Å². The lowest BCUT2D eigenvalue weighted by molar-refractivity contribution is -0.107. The number of rotatable bonds is 4. The smallest absolute Gasteiger partial charge is 0.132 e. The molecule has 0 aliphatic carbocycles. The summed E-state index contributed by atoms with van der Waals surface area (Å²) in [7, 11) is 0. The van der Waals surface area contributed by atoms with E-state index in [1.165, 1.54) is 25.5 Å². The third-order valence-electron chi connectivity index (χ3n) is 5.16. The maximum atomic E-state index is 13.5. The Bertz CT molecular complexity index is 525. The SMILES string of the molecule is Cc1c(F)cc(OCC2CCC(C3CCC(C)CO3)CO2)cc1F. The van der Waals surface area contributed by atoms with Gasteiger partial charge in [0.2, 0.25) is 0 Å². The molecule has 0 N–H and O–H groups in total. The van der Waals surface area contributed by atoms with Crippen molar-refractivity contribution in [2.75, 3.05) is 19.8 Å². The first-order chi connectivity index (χ1) is 11.5. The third-order valence-corrected chi connectivity index (χ3v) is 5.16. The lowest BCUT2D eigenvalue weighted by Gasteiger charge is -2.37. The highest BCUT2D eigenvalue weighted by Gasteiger charge is 2.31. The first-order valence-electron chi connectivity index (χ1n) is 8.84. The molecule has 4 atom stereocenters. The van der Waals surface area contributed by atoms with Crippen LogP contribution < -0.4 is 4.74 Å². The third kappa shape index (κ3) is 4.25. The van der Waals surface area contributed by atoms with Gasteiger partial charge in [0, 0.05) is 30.2 Å². The van der Waals surface area contributed by atoms with Crippen molar-refractivity contribution in [2.45, 2.75) is 51.7 Å². The number of ether oxygens (including phenoxy) is 3. The molecule has 1 aromatic carbocycles. The molecule has 2 aliphatic heterocycles. The molecule has 3 nitrogen and oxygen atoms in total. The minimum absolute atomic E-state index is 0.0147. The second-order valence-corrected chi connectivity index (χ2v) is 7.17. The van der Waals surface area contributed by atoms with Crippen molar-refractivity contribution in [2.24, 2.45) is 11.8 Å². The van der Waals surface area contributed by atoms with Crippen LogP contribution in [-0.2, 0) is 9.47 Å². The highest BCUT2D eigenvalue weighted by atomic mass is 19.1. The van der Waals surface area contributed by atoms with E-state index in [9.17, 15) is 8.78 Å². The number of hydrogen-bond acceptors (Lipinski definition) is 3. The van der Waals surface area contributed by atoms with Gasteiger partial charge in [0.15, 0.2) is 0 Å². The van der Waals surface area contributed by atoms with Crippen LogP contribution in [0.25, 0.3) is 0 Å². The Balaban J connectivity index is 1.44. The summed E-state index contributed by atoms with van der Waals surface area (Å²) in [5, 5.41) is 0. The molecule has 0 bridgehead atoms. The van der Waals surface area contributed by atoms with Gasteiger partial charge in [0.25, 0.3) is 0 Å². The lowest BCUT2D eigenvalue weighted by Crippen LogP contribution is -2.39. The van der Waals surface area contributed by atoms with Gasteiger partial charge in [-0.15, -0.1) is 0 Å². The predicted octanol–water partition coefficient (Wildman–Crippen LogP) is 4.26. The van der Waals surface area contributed by atoms with Crippen LogP contribution in [0, 0.1) is 30.4 Å². The van der Waals surface area contributed by atoms with Gasteiger partial charge in [-0.3, -0.25) is 0 Å². The van der Waals surface area contributed by atoms with Gasteiger partial charge in [-0.1, -0.05) is 6.92 Å². The summed E-state index contributed by atoms with van der Waals surface area (Å²) >= 11 is 0. The second-order valence-electron chi connectivity index (χ2n) is 7.17. The van der Waals surface area contributed by atoms with Crippen LogP contribution in [0.2, 0.25) is 0 Å². The van der Waals surface area contributed by atoms with Gasteiger partial charge >= 0.3 is 0 Å². The van der Waals surface area contributed by atoms with Gasteiger partial charge in [0.05, 0.1) is 18.8 Å². The van der Waals surface area contributed by atoms with Crippen molar-refractivity contribution in [3.63, 3.8) is 0 Å². The Morgan fingerprint density at radius 2 is 1.79 bits per heavy atom. The van der Waals surface area contributed by atoms with Crippen LogP contribution in [0.5, 0.6) is 5.75 Å². The van der Waals surface area contributed by atoms with E-state index >= 15 is 0 Å². The van der Waals surface area contributed by atoms with E-state index in [0.29, 0.717) is 31.2 Å². The molecular formula is C19H26F2O3. The van der Waals surface area contributed by atoms with Gasteiger partial charge in [-0.05, 0) is 38.5 Å². The van der Waals surface area contributed by atoms with Crippen molar-refractivity contribution in [3.8, 4) is 5.75 Å². The Kier molecular flexibility index (Phi) is 5.72. The zero-order valence-electron chi connectivity index (χ0n) is 14.4. The number of benzene rings is 1. The fourth-order valence-electron chi connectivity index (χ4n) is 3.42. The molecule has 2 heterocycles. The monoisotopic (exact) mass is 340 g/mol. The van der Waals surface area contributed by atoms with Crippen molar-refractivity contribution >= 4 is 0 Å². The highest BCUT2D eigenvalue weighted by Crippen LogP contribution is 2.30. The summed E-state index contributed by atoms with van der Waals surface area (Å²) in [6, 6.07) is 2.45. The molecule has 24 heavy (non-hydrogen) atoms. The van der Waals surface area contributed by atoms with Crippen LogP contribution in [0.4, 0.5) is 8.78 Å². The van der Waals surface area contributed by atoms with E-state index < -0.39 is 11.6 Å². The summed E-state index contributed by atoms with van der Waals surface area (Å²) < 4.78 is 44.4. The van der Waals surface area contributed by atoms with E-state index in [-0.39, 0.29) is 17.4 Å². The summed E-state index contributed by atoms with van der Waals surface area (Å²) in [5.74, 6) is 0.146. The quantitative estimate of drug-likeness (QED) is 0.819. The van der Waals surface area contributed by atoms with Crippen molar-refractivity contribution < 1.29 is 23.0 Å². The van der Waals surface area contributed by atoms with E-state index in [2.05, 4.69) is 6.92 Å². The maximum absolute atomic E-state index is 13.5. The van der Waals surface area contributed by atoms with Gasteiger partial charge in [0.1, 0.15) is 24.0 Å². The van der Waals surface area contributed by atoms with Gasteiger partial charge in [-0.2, -0.15) is 0 Å². The molecule has 2 fully saturated rings. The highest BCUT2D eigenvalue weighted by molar-refractivity contribution is 5.29. The summed E-state index contributed by atoms with van der Waals surface area (Å²) in [6.07, 6.45) is 4.54. The molecule has 0 radical (unpaired) electrons. The van der Waals surface area contributed by atoms with Gasteiger partial charge < -0.3 is 14.2 Å². The predicted molar refractivity (Wildman–Crippen MR) is 87.2 cm³/mol. The first-order valence-corrected chi connectivity index (χ1v) is 8.84. The largest absolute Gasteiger partial charge is 0.491 e. The topological polar surface area (TPSA) is 27.7 Å². The molecular weight excluding hydrogens is 314 g/mol. The van der Waals surface area contributed by atoms with Crippen LogP contribution in [0.3, 0.4) is 0 Å². The van der Waals surface area contributed by atoms with E-state index in [1.807, 2.05) is 0 Å². The Labute approximate surface area is 142 Å². The van der Waals surface area contributed by atoms with E-state index in [1.54, 1.807) is 0 Å². The molecule has 0 amide bonds. The summed E-state index contributed by atoms with van der Waals surface area (Å²) in [6.45, 7) is 5.46. The zero-order valence-corrected chi connectivity index (χ0v) is 14.4. The minimum atomic E-state index is -0.585. The van der Waals surface area contributed by atoms with Gasteiger partial charge in [-0.25, -0.2) is 8.78 Å². The molecule has 2 saturated heterocycles. The first kappa shape index (κ1) is 17.6. The standard InChI is InChI=1S/C19H26F2O3/c1-12-3-6-19(24-9-12)14-4-5-15(22-10-14)11-23-16-7-17(20)13(2)18(21)8-16/h7-8,12,14-15,19H,3-6,9-11H2,1-2H3. The summed E-state index contributed by atoms with van der Waals surface area (Å²) in [5.41, 5.74) is 0.0147. The fraction of sp³-hybridized carbons (Fsp3) is 0.684. The Morgan fingerprint density at radius 1 is 1.04 bits per heavy atom. The van der Waals surface area contributed by atoms with Crippen LogP contribution >= 0.6 is 0 Å². The van der Waals surface area contributed by atoms with E-state index in [0.717, 1.165) is 25.9 Å². The normalized spacial score (nSPS) is 31.0. The van der Waals surface area contributed by atoms with Crippen molar-refractivity contribution in [1.82, 2.24) is 0 Å². The Hall–Kier alpha value is -1.20. The molecule has 2 aliphatic rings. The van der Waals surface area contributed by atoms with Crippen LogP contribution in [0.1, 0.15) is 38.2 Å². The van der Waals surface area contributed by atoms with Crippen LogP contribution in [0.15, 0.2) is 12.1 Å². The summed E-state index contributed by atoms with van der Waals surface area (Å²) in [4.78, 5) is 0. The maximum Gasteiger partial charge on any atom is 0.132 e. The fourth-order valence-corrected chi connectivity index (χ4v) is 3.42. The average molecular weight is 340 g/mol. The van der Waals surface area contributed by atoms with Crippen molar-refractivity contribution in [3.05, 3.63) is 29.3 Å². The lowest BCUT2D eigenvalue weighted by atomic mass is 9.87. The molecule has 3 rings (SSSR count). The number of halogens is 2. The molecule has 0 spiro atoms. The Morgan fingerprint density at radius 3 is 2.38 bits per heavy atom. The molecule has 0 saturated carbocycles. The molecule has 4 unspecified atom stereocenters.